The maximum absolute atomic E-state index is 10.3. The molecule has 1 unspecified atom stereocenters. The molecule has 55 valence electrons. The third-order valence-electron chi connectivity index (χ3n) is 1.11. The van der Waals surface area contributed by atoms with Crippen LogP contribution in [-0.2, 0) is 9.84 Å². The third-order valence-corrected chi connectivity index (χ3v) is 1.11. The summed E-state index contributed by atoms with van der Waals surface area (Å²) in [5.74, 6) is 0. The summed E-state index contributed by atoms with van der Waals surface area (Å²) in [5.41, 5.74) is 0. The van der Waals surface area contributed by atoms with Crippen molar-refractivity contribution in [3.05, 3.63) is 0 Å². The van der Waals surface area contributed by atoms with Crippen LogP contribution in [-0.4, -0.2) is 18.8 Å². The van der Waals surface area contributed by atoms with E-state index in [1.807, 2.05) is 20.8 Å². The molecule has 9 heavy (non-hydrogen) atoms. The summed E-state index contributed by atoms with van der Waals surface area (Å²) in [5, 5.41) is 10.3. The van der Waals surface area contributed by atoms with Crippen LogP contribution in [0.3, 0.4) is 0 Å². The molecule has 0 aliphatic carbocycles. The number of hydrogen-bond donors (Lipinski definition) is 0. The summed E-state index contributed by atoms with van der Waals surface area (Å²) in [7, 11) is 0. The van der Waals surface area contributed by atoms with E-state index < -0.39 is 0 Å². The monoisotopic (exact) mass is 131 g/mol. The first-order valence-electron chi connectivity index (χ1n) is 3.44. The Bertz CT molecular complexity index is 57.9. The molecular weight excluding hydrogens is 116 g/mol. The Hall–Kier alpha value is -0.0800. The molecule has 0 heterocycles. The maximum atomic E-state index is 10.3. The number of rotatable bonds is 4. The van der Waals surface area contributed by atoms with Gasteiger partial charge in [-0.25, -0.2) is 5.11 Å². The van der Waals surface area contributed by atoms with Gasteiger partial charge in [0.15, 0.2) is 0 Å². The van der Waals surface area contributed by atoms with Crippen molar-refractivity contribution in [2.75, 3.05) is 6.61 Å². The van der Waals surface area contributed by atoms with E-state index in [2.05, 4.69) is 0 Å². The molecule has 1 atom stereocenters. The fraction of sp³-hybridized carbons (Fsp3) is 1.00. The van der Waals surface area contributed by atoms with Gasteiger partial charge in [-0.15, -0.1) is 0 Å². The highest BCUT2D eigenvalue weighted by Crippen LogP contribution is 2.00. The zero-order chi connectivity index (χ0) is 7.28. The average Bonchev–Trinajstić information content (AvgIpc) is 1.82. The Balaban J connectivity index is 3.31. The molecule has 2 heteroatoms. The third kappa shape index (κ3) is 4.43. The van der Waals surface area contributed by atoms with Gasteiger partial charge in [0.05, 0.1) is 12.2 Å². The molecule has 0 saturated carbocycles. The molecular formula is C7H15O2. The van der Waals surface area contributed by atoms with E-state index >= 15 is 0 Å². The predicted molar refractivity (Wildman–Crippen MR) is 35.9 cm³/mol. The van der Waals surface area contributed by atoms with E-state index in [9.17, 15) is 5.11 Å². The predicted octanol–water partition coefficient (Wildman–Crippen LogP) is 1.62. The van der Waals surface area contributed by atoms with Crippen LogP contribution >= 0.6 is 0 Å². The maximum Gasteiger partial charge on any atom is 0.108 e. The van der Waals surface area contributed by atoms with Gasteiger partial charge >= 0.3 is 0 Å². The van der Waals surface area contributed by atoms with Gasteiger partial charge in [-0.3, -0.25) is 0 Å². The largest absolute Gasteiger partial charge is 0.373 e. The quantitative estimate of drug-likeness (QED) is 0.570. The van der Waals surface area contributed by atoms with E-state index in [-0.39, 0.29) is 18.8 Å². The molecule has 0 aliphatic heterocycles. The molecule has 0 aromatic carbocycles. The number of ether oxygens (including phenoxy) is 1. The lowest BCUT2D eigenvalue weighted by Crippen LogP contribution is -2.19. The van der Waals surface area contributed by atoms with Crippen LogP contribution in [0.15, 0.2) is 0 Å². The highest BCUT2D eigenvalue weighted by molar-refractivity contribution is 4.52. The van der Waals surface area contributed by atoms with E-state index in [1.165, 1.54) is 0 Å². The summed E-state index contributed by atoms with van der Waals surface area (Å²) < 4.78 is 5.24. The van der Waals surface area contributed by atoms with Gasteiger partial charge in [0.2, 0.25) is 0 Å². The summed E-state index contributed by atoms with van der Waals surface area (Å²) in [6.45, 7) is 5.73. The fourth-order valence-electron chi connectivity index (χ4n) is 0.638. The zero-order valence-corrected chi connectivity index (χ0v) is 6.39. The van der Waals surface area contributed by atoms with Gasteiger partial charge in [-0.1, -0.05) is 6.92 Å². The molecule has 0 bridgehead atoms. The Kier molecular flexibility index (Phi) is 4.72. The smallest absolute Gasteiger partial charge is 0.108 e. The van der Waals surface area contributed by atoms with Gasteiger partial charge in [0.1, 0.15) is 6.61 Å². The highest BCUT2D eigenvalue weighted by atomic mass is 16.5. The van der Waals surface area contributed by atoms with Gasteiger partial charge in [0.25, 0.3) is 0 Å². The lowest BCUT2D eigenvalue weighted by Gasteiger charge is -2.14. The van der Waals surface area contributed by atoms with Crippen molar-refractivity contribution in [1.29, 1.82) is 0 Å². The Morgan fingerprint density at radius 2 is 2.00 bits per heavy atom. The summed E-state index contributed by atoms with van der Waals surface area (Å²) >= 11 is 0. The van der Waals surface area contributed by atoms with E-state index in [0.717, 1.165) is 6.42 Å². The van der Waals surface area contributed by atoms with Crippen molar-refractivity contribution < 1.29 is 9.84 Å². The average molecular weight is 131 g/mol. The van der Waals surface area contributed by atoms with Crippen molar-refractivity contribution in [3.8, 4) is 0 Å². The molecule has 0 amide bonds. The van der Waals surface area contributed by atoms with Crippen LogP contribution < -0.4 is 0 Å². The van der Waals surface area contributed by atoms with Crippen LogP contribution in [0.4, 0.5) is 0 Å². The van der Waals surface area contributed by atoms with E-state index in [4.69, 9.17) is 4.74 Å². The first-order chi connectivity index (χ1) is 4.20. The van der Waals surface area contributed by atoms with Crippen molar-refractivity contribution in [2.24, 2.45) is 0 Å². The lowest BCUT2D eigenvalue weighted by molar-refractivity contribution is -0.0409. The molecule has 1 radical (unpaired) electrons. The van der Waals surface area contributed by atoms with Gasteiger partial charge in [0, 0.05) is 0 Å². The van der Waals surface area contributed by atoms with Crippen molar-refractivity contribution >= 4 is 0 Å². The van der Waals surface area contributed by atoms with Crippen LogP contribution in [0.1, 0.15) is 27.2 Å². The Morgan fingerprint density at radius 1 is 1.44 bits per heavy atom. The molecule has 0 aromatic rings. The standard InChI is InChI=1S/C7H15O2/c1-4-7(5-8)9-6(2)3/h6-7H,4-5H2,1-3H3. The fourth-order valence-corrected chi connectivity index (χ4v) is 0.638. The first kappa shape index (κ1) is 8.92. The van der Waals surface area contributed by atoms with E-state index in [1.54, 1.807) is 0 Å². The first-order valence-corrected chi connectivity index (χ1v) is 3.44. The topological polar surface area (TPSA) is 29.1 Å². The minimum Gasteiger partial charge on any atom is -0.373 e. The van der Waals surface area contributed by atoms with Gasteiger partial charge in [-0.05, 0) is 20.3 Å². The second-order valence-electron chi connectivity index (χ2n) is 2.38. The zero-order valence-electron chi connectivity index (χ0n) is 6.39. The minimum absolute atomic E-state index is 0.0787. The molecule has 0 N–H and O–H groups in total. The van der Waals surface area contributed by atoms with Crippen molar-refractivity contribution in [3.63, 3.8) is 0 Å². The SMILES string of the molecule is CCC(C[O])OC(C)C. The van der Waals surface area contributed by atoms with Gasteiger partial charge in [-0.2, -0.15) is 0 Å². The molecule has 0 rings (SSSR count). The minimum atomic E-state index is -0.116. The summed E-state index contributed by atoms with van der Waals surface area (Å²) in [4.78, 5) is 0. The van der Waals surface area contributed by atoms with E-state index in [0.29, 0.717) is 0 Å². The van der Waals surface area contributed by atoms with Gasteiger partial charge < -0.3 is 4.74 Å². The molecule has 0 fully saturated rings. The second kappa shape index (κ2) is 4.77. The van der Waals surface area contributed by atoms with Crippen LogP contribution in [0.25, 0.3) is 0 Å². The molecule has 0 spiro atoms. The number of hydrogen-bond acceptors (Lipinski definition) is 1. The lowest BCUT2D eigenvalue weighted by atomic mass is 10.3. The highest BCUT2D eigenvalue weighted by Gasteiger charge is 2.06. The normalized spacial score (nSPS) is 14.3. The molecule has 0 aromatic heterocycles. The Morgan fingerprint density at radius 3 is 2.11 bits per heavy atom. The Labute approximate surface area is 56.8 Å². The summed E-state index contributed by atoms with van der Waals surface area (Å²) in [6, 6.07) is 0. The molecule has 0 saturated heterocycles. The molecule has 2 nitrogen and oxygen atoms in total. The summed E-state index contributed by atoms with van der Waals surface area (Å²) in [6.07, 6.45) is 0.927. The molecule has 0 aliphatic rings. The van der Waals surface area contributed by atoms with Crippen molar-refractivity contribution in [1.82, 2.24) is 0 Å². The van der Waals surface area contributed by atoms with Crippen molar-refractivity contribution in [2.45, 2.75) is 39.4 Å². The van der Waals surface area contributed by atoms with Crippen LogP contribution in [0.2, 0.25) is 0 Å². The second-order valence-corrected chi connectivity index (χ2v) is 2.38. The van der Waals surface area contributed by atoms with Crippen LogP contribution in [0.5, 0.6) is 0 Å². The van der Waals surface area contributed by atoms with Crippen LogP contribution in [0, 0.1) is 0 Å².